The fraction of sp³-hybridized carbons (Fsp3) is 0.933. The van der Waals surface area contributed by atoms with Gasteiger partial charge >= 0.3 is 0 Å². The van der Waals surface area contributed by atoms with Crippen molar-refractivity contribution in [2.75, 3.05) is 13.7 Å². The van der Waals surface area contributed by atoms with Crippen LogP contribution in [0.3, 0.4) is 0 Å². The van der Waals surface area contributed by atoms with Crippen molar-refractivity contribution in [3.8, 4) is 0 Å². The number of hydrogen-bond acceptors (Lipinski definition) is 2. The van der Waals surface area contributed by atoms with Crippen molar-refractivity contribution in [2.24, 2.45) is 11.8 Å². The fourth-order valence-electron chi connectivity index (χ4n) is 3.29. The molecule has 0 unspecified atom stereocenters. The highest BCUT2D eigenvalue weighted by atomic mass is 16.3. The zero-order valence-electron chi connectivity index (χ0n) is 11.6. The van der Waals surface area contributed by atoms with E-state index in [4.69, 9.17) is 5.11 Å². The van der Waals surface area contributed by atoms with Crippen molar-refractivity contribution in [1.82, 2.24) is 4.90 Å². The zero-order valence-corrected chi connectivity index (χ0v) is 11.6. The summed E-state index contributed by atoms with van der Waals surface area (Å²) in [4.78, 5) is 14.1. The van der Waals surface area contributed by atoms with E-state index in [1.807, 2.05) is 11.9 Å². The highest BCUT2D eigenvalue weighted by molar-refractivity contribution is 5.76. The first-order valence-electron chi connectivity index (χ1n) is 7.57. The Kier molecular flexibility index (Phi) is 5.04. The summed E-state index contributed by atoms with van der Waals surface area (Å²) < 4.78 is 0. The number of rotatable bonds is 5. The molecule has 0 bridgehead atoms. The lowest BCUT2D eigenvalue weighted by molar-refractivity contribution is -0.134. The molecule has 0 radical (unpaired) electrons. The van der Waals surface area contributed by atoms with Crippen LogP contribution in [-0.4, -0.2) is 35.6 Å². The Morgan fingerprint density at radius 2 is 1.78 bits per heavy atom. The fourth-order valence-corrected chi connectivity index (χ4v) is 3.29. The minimum absolute atomic E-state index is 0.311. The summed E-state index contributed by atoms with van der Waals surface area (Å²) in [6.07, 6.45) is 10.1. The average Bonchev–Trinajstić information content (AvgIpc) is 2.34. The minimum atomic E-state index is 0.311. The van der Waals surface area contributed by atoms with Crippen LogP contribution in [0.4, 0.5) is 0 Å². The Labute approximate surface area is 111 Å². The molecule has 3 nitrogen and oxygen atoms in total. The Hall–Kier alpha value is -0.570. The van der Waals surface area contributed by atoms with Crippen molar-refractivity contribution < 1.29 is 9.90 Å². The molecule has 2 fully saturated rings. The summed E-state index contributed by atoms with van der Waals surface area (Å²) in [5.74, 6) is 1.71. The van der Waals surface area contributed by atoms with Crippen molar-refractivity contribution in [2.45, 2.75) is 63.8 Å². The molecule has 18 heavy (non-hydrogen) atoms. The smallest absolute Gasteiger partial charge is 0.222 e. The molecule has 0 aliphatic heterocycles. The Morgan fingerprint density at radius 1 is 1.11 bits per heavy atom. The lowest BCUT2D eigenvalue weighted by atomic mass is 9.81. The molecule has 0 aromatic carbocycles. The Morgan fingerprint density at radius 3 is 2.28 bits per heavy atom. The van der Waals surface area contributed by atoms with Gasteiger partial charge in [0.05, 0.1) is 0 Å². The van der Waals surface area contributed by atoms with E-state index in [0.29, 0.717) is 30.4 Å². The third kappa shape index (κ3) is 3.47. The lowest BCUT2D eigenvalue weighted by Gasteiger charge is -2.36. The quantitative estimate of drug-likeness (QED) is 0.818. The SMILES string of the molecule is CN(C(=O)CC1CCC1)C1CCC(CCO)CC1. The molecule has 0 saturated heterocycles. The van der Waals surface area contributed by atoms with Gasteiger partial charge in [-0.15, -0.1) is 0 Å². The van der Waals surface area contributed by atoms with E-state index in [-0.39, 0.29) is 0 Å². The van der Waals surface area contributed by atoms with Crippen LogP contribution in [0.25, 0.3) is 0 Å². The van der Waals surface area contributed by atoms with Crippen LogP contribution in [0.5, 0.6) is 0 Å². The predicted octanol–water partition coefficient (Wildman–Crippen LogP) is 2.58. The number of aliphatic hydroxyl groups excluding tert-OH is 1. The normalized spacial score (nSPS) is 28.8. The van der Waals surface area contributed by atoms with E-state index in [0.717, 1.165) is 25.7 Å². The average molecular weight is 253 g/mol. The predicted molar refractivity (Wildman–Crippen MR) is 72.2 cm³/mol. The van der Waals surface area contributed by atoms with Crippen molar-refractivity contribution in [3.05, 3.63) is 0 Å². The third-order valence-electron chi connectivity index (χ3n) is 4.98. The van der Waals surface area contributed by atoms with Gasteiger partial charge in [-0.05, 0) is 56.8 Å². The third-order valence-corrected chi connectivity index (χ3v) is 4.98. The van der Waals surface area contributed by atoms with Crippen LogP contribution >= 0.6 is 0 Å². The van der Waals surface area contributed by atoms with Crippen LogP contribution in [0.15, 0.2) is 0 Å². The van der Waals surface area contributed by atoms with E-state index in [9.17, 15) is 4.79 Å². The van der Waals surface area contributed by atoms with Gasteiger partial charge in [-0.2, -0.15) is 0 Å². The first-order chi connectivity index (χ1) is 8.70. The van der Waals surface area contributed by atoms with Crippen LogP contribution in [0.1, 0.15) is 57.8 Å². The number of carbonyl (C=O) groups excluding carboxylic acids is 1. The van der Waals surface area contributed by atoms with Gasteiger partial charge < -0.3 is 10.0 Å². The summed E-state index contributed by atoms with van der Waals surface area (Å²) in [7, 11) is 1.98. The molecule has 2 aliphatic carbocycles. The first-order valence-corrected chi connectivity index (χ1v) is 7.57. The molecule has 0 spiro atoms. The number of nitrogens with zero attached hydrogens (tertiary/aromatic N) is 1. The van der Waals surface area contributed by atoms with Gasteiger partial charge in [0.1, 0.15) is 0 Å². The molecule has 0 heterocycles. The van der Waals surface area contributed by atoms with Crippen molar-refractivity contribution in [1.29, 1.82) is 0 Å². The van der Waals surface area contributed by atoms with Crippen molar-refractivity contribution >= 4 is 5.91 Å². The van der Waals surface area contributed by atoms with Crippen LogP contribution in [0, 0.1) is 11.8 Å². The van der Waals surface area contributed by atoms with Gasteiger partial charge in [0.2, 0.25) is 5.91 Å². The first kappa shape index (κ1) is 13.9. The number of amides is 1. The maximum Gasteiger partial charge on any atom is 0.222 e. The minimum Gasteiger partial charge on any atom is -0.396 e. The van der Waals surface area contributed by atoms with E-state index in [2.05, 4.69) is 0 Å². The summed E-state index contributed by atoms with van der Waals surface area (Å²) in [6, 6.07) is 0.451. The van der Waals surface area contributed by atoms with Crippen molar-refractivity contribution in [3.63, 3.8) is 0 Å². The van der Waals surface area contributed by atoms with E-state index >= 15 is 0 Å². The molecule has 0 atom stereocenters. The summed E-state index contributed by atoms with van der Waals surface area (Å²) in [6.45, 7) is 0.311. The Balaban J connectivity index is 1.72. The molecule has 3 heteroatoms. The summed E-state index contributed by atoms with van der Waals surface area (Å²) in [5, 5.41) is 8.95. The van der Waals surface area contributed by atoms with Gasteiger partial charge in [0.25, 0.3) is 0 Å². The van der Waals surface area contributed by atoms with Crippen LogP contribution in [0.2, 0.25) is 0 Å². The second-order valence-electron chi connectivity index (χ2n) is 6.19. The molecule has 104 valence electrons. The molecule has 2 saturated carbocycles. The second kappa shape index (κ2) is 6.55. The lowest BCUT2D eigenvalue weighted by Crippen LogP contribution is -2.40. The zero-order chi connectivity index (χ0) is 13.0. The van der Waals surface area contributed by atoms with Crippen LogP contribution in [-0.2, 0) is 4.79 Å². The van der Waals surface area contributed by atoms with Gasteiger partial charge in [-0.1, -0.05) is 6.42 Å². The highest BCUT2D eigenvalue weighted by Gasteiger charge is 2.28. The second-order valence-corrected chi connectivity index (χ2v) is 6.19. The Bertz CT molecular complexity index is 268. The maximum absolute atomic E-state index is 12.1. The monoisotopic (exact) mass is 253 g/mol. The van der Waals surface area contributed by atoms with Gasteiger partial charge in [0.15, 0.2) is 0 Å². The van der Waals surface area contributed by atoms with E-state index in [1.54, 1.807) is 0 Å². The largest absolute Gasteiger partial charge is 0.396 e. The van der Waals surface area contributed by atoms with Gasteiger partial charge in [-0.25, -0.2) is 0 Å². The van der Waals surface area contributed by atoms with Gasteiger partial charge in [-0.3, -0.25) is 4.79 Å². The molecule has 0 aromatic heterocycles. The summed E-state index contributed by atoms with van der Waals surface area (Å²) in [5.41, 5.74) is 0. The molecule has 0 aromatic rings. The van der Waals surface area contributed by atoms with E-state index < -0.39 is 0 Å². The standard InChI is InChI=1S/C15H27NO2/c1-16(15(18)11-13-3-2-4-13)14-7-5-12(6-8-14)9-10-17/h12-14,17H,2-11H2,1H3. The molecule has 2 aliphatic rings. The molecule has 1 amide bonds. The molecular weight excluding hydrogens is 226 g/mol. The van der Waals surface area contributed by atoms with Crippen LogP contribution < -0.4 is 0 Å². The highest BCUT2D eigenvalue weighted by Crippen LogP contribution is 2.32. The maximum atomic E-state index is 12.1. The summed E-state index contributed by atoms with van der Waals surface area (Å²) >= 11 is 0. The topological polar surface area (TPSA) is 40.5 Å². The molecule has 2 rings (SSSR count). The van der Waals surface area contributed by atoms with E-state index in [1.165, 1.54) is 32.1 Å². The molecule has 1 N–H and O–H groups in total. The number of aliphatic hydroxyl groups is 1. The molecular formula is C15H27NO2. The number of hydrogen-bond donors (Lipinski definition) is 1. The van der Waals surface area contributed by atoms with Gasteiger partial charge in [0, 0.05) is 26.1 Å². The number of carbonyl (C=O) groups is 1.